The molecule has 0 aliphatic carbocycles. The molecule has 2 aromatic rings. The number of halogens is 1. The fourth-order valence-electron chi connectivity index (χ4n) is 2.78. The highest BCUT2D eigenvalue weighted by Crippen LogP contribution is 2.38. The average Bonchev–Trinajstić information content (AvgIpc) is 3.06. The van der Waals surface area contributed by atoms with E-state index < -0.39 is 0 Å². The number of nitrogens with zero attached hydrogens (tertiary/aromatic N) is 2. The number of benzene rings is 2. The van der Waals surface area contributed by atoms with E-state index in [1.54, 1.807) is 37.3 Å². The summed E-state index contributed by atoms with van der Waals surface area (Å²) in [4.78, 5) is 19.9. The molecule has 0 radical (unpaired) electrons. The third kappa shape index (κ3) is 5.70. The Kier molecular flexibility index (Phi) is 8.18. The van der Waals surface area contributed by atoms with Crippen LogP contribution >= 0.6 is 27.7 Å². The zero-order valence-corrected chi connectivity index (χ0v) is 19.5. The highest BCUT2D eigenvalue weighted by atomic mass is 79.9. The Morgan fingerprint density at radius 3 is 2.68 bits per heavy atom. The molecule has 31 heavy (non-hydrogen) atoms. The van der Waals surface area contributed by atoms with E-state index in [9.17, 15) is 4.79 Å². The second kappa shape index (κ2) is 11.0. The Morgan fingerprint density at radius 1 is 1.23 bits per heavy atom. The van der Waals surface area contributed by atoms with Crippen LogP contribution in [0.25, 0.3) is 6.08 Å². The van der Waals surface area contributed by atoms with Crippen LogP contribution in [-0.4, -0.2) is 50.0 Å². The lowest BCUT2D eigenvalue weighted by atomic mass is 10.2. The van der Waals surface area contributed by atoms with Gasteiger partial charge in [0, 0.05) is 11.6 Å². The zero-order chi connectivity index (χ0) is 22.2. The van der Waals surface area contributed by atoms with Crippen LogP contribution in [0.2, 0.25) is 0 Å². The first kappa shape index (κ1) is 22.9. The van der Waals surface area contributed by atoms with E-state index >= 15 is 0 Å². The number of amides is 1. The molecule has 0 saturated carbocycles. The van der Waals surface area contributed by atoms with E-state index in [0.29, 0.717) is 34.7 Å². The largest absolute Gasteiger partial charge is 0.493 e. The van der Waals surface area contributed by atoms with E-state index in [2.05, 4.69) is 26.8 Å². The van der Waals surface area contributed by atoms with E-state index in [-0.39, 0.29) is 12.5 Å². The van der Waals surface area contributed by atoms with Gasteiger partial charge in [-0.05, 0) is 47.7 Å². The van der Waals surface area contributed by atoms with Crippen molar-refractivity contribution in [2.75, 3.05) is 34.0 Å². The molecule has 1 amide bonds. The molecule has 1 saturated heterocycles. The minimum atomic E-state index is -0.129. The van der Waals surface area contributed by atoms with Crippen LogP contribution in [0.15, 0.2) is 56.8 Å². The maximum Gasteiger partial charge on any atom is 0.266 e. The number of terminal acetylenes is 1. The van der Waals surface area contributed by atoms with Crippen LogP contribution in [0.5, 0.6) is 11.5 Å². The van der Waals surface area contributed by atoms with Gasteiger partial charge in [-0.25, -0.2) is 4.99 Å². The molecule has 1 fully saturated rings. The molecule has 0 N–H and O–H groups in total. The Morgan fingerprint density at radius 2 is 2.00 bits per heavy atom. The molecule has 1 aliphatic heterocycles. The summed E-state index contributed by atoms with van der Waals surface area (Å²) in [5, 5.41) is 0.608. The summed E-state index contributed by atoms with van der Waals surface area (Å²) in [6.45, 7) is 0.951. The van der Waals surface area contributed by atoms with Crippen molar-refractivity contribution in [3.63, 3.8) is 0 Å². The molecule has 1 aliphatic rings. The van der Waals surface area contributed by atoms with Crippen molar-refractivity contribution in [3.05, 3.63) is 57.4 Å². The number of para-hydroxylation sites is 1. The number of amidine groups is 1. The van der Waals surface area contributed by atoms with Crippen LogP contribution < -0.4 is 9.47 Å². The lowest BCUT2D eigenvalue weighted by Crippen LogP contribution is -2.32. The molecule has 3 rings (SSSR count). The van der Waals surface area contributed by atoms with Crippen LogP contribution in [0.3, 0.4) is 0 Å². The Hall–Kier alpha value is -2.73. The predicted molar refractivity (Wildman–Crippen MR) is 128 cm³/mol. The number of carbonyl (C=O) groups is 1. The Bertz CT molecular complexity index is 1050. The summed E-state index contributed by atoms with van der Waals surface area (Å²) in [6, 6.07) is 13.1. The van der Waals surface area contributed by atoms with Crippen LogP contribution in [0, 0.1) is 12.3 Å². The first-order chi connectivity index (χ1) is 15.1. The number of aliphatic imine (C=N–C) groups is 1. The first-order valence-corrected chi connectivity index (χ1v) is 11.0. The molecule has 2 aromatic carbocycles. The normalized spacial score (nSPS) is 16.1. The molecule has 0 unspecified atom stereocenters. The Balaban J connectivity index is 1.95. The van der Waals surface area contributed by atoms with Crippen molar-refractivity contribution < 1.29 is 19.0 Å². The molecule has 1 heterocycles. The highest BCUT2D eigenvalue weighted by molar-refractivity contribution is 9.10. The third-order valence-electron chi connectivity index (χ3n) is 4.27. The van der Waals surface area contributed by atoms with Gasteiger partial charge in [0.05, 0.1) is 30.9 Å². The quantitative estimate of drug-likeness (QED) is 0.387. The van der Waals surface area contributed by atoms with E-state index in [1.165, 1.54) is 11.8 Å². The van der Waals surface area contributed by atoms with E-state index in [1.807, 2.05) is 30.3 Å². The molecule has 6 nitrogen and oxygen atoms in total. The van der Waals surface area contributed by atoms with Gasteiger partial charge in [0.25, 0.3) is 5.91 Å². The number of hydrogen-bond acceptors (Lipinski definition) is 6. The maximum atomic E-state index is 13.1. The number of rotatable bonds is 8. The zero-order valence-electron chi connectivity index (χ0n) is 17.1. The molecular formula is C23H21BrN2O4S. The van der Waals surface area contributed by atoms with Gasteiger partial charge in [-0.2, -0.15) is 0 Å². The van der Waals surface area contributed by atoms with E-state index in [4.69, 9.17) is 20.6 Å². The van der Waals surface area contributed by atoms with Crippen molar-refractivity contribution in [2.24, 2.45) is 4.99 Å². The third-order valence-corrected chi connectivity index (χ3v) is 5.96. The average molecular weight is 501 g/mol. The summed E-state index contributed by atoms with van der Waals surface area (Å²) in [6.07, 6.45) is 7.08. The molecule has 160 valence electrons. The first-order valence-electron chi connectivity index (χ1n) is 9.35. The predicted octanol–water partition coefficient (Wildman–Crippen LogP) is 4.72. The smallest absolute Gasteiger partial charge is 0.266 e. The van der Waals surface area contributed by atoms with Gasteiger partial charge in [0.1, 0.15) is 6.61 Å². The van der Waals surface area contributed by atoms with Crippen molar-refractivity contribution in [1.29, 1.82) is 0 Å². The standard InChI is InChI=1S/C23H21BrN2O4S/c1-4-11-30-20-15-18(24)16(13-19(20)29-3)14-21-22(27)26(10-12-28-2)23(31-21)25-17-8-6-5-7-9-17/h1,5-9,13-15H,10-12H2,2-3H3/b21-14+,25-23?. The highest BCUT2D eigenvalue weighted by Gasteiger charge is 2.33. The van der Waals surface area contributed by atoms with Gasteiger partial charge in [-0.3, -0.25) is 9.69 Å². The molecule has 0 spiro atoms. The van der Waals surface area contributed by atoms with Crippen LogP contribution in [0.4, 0.5) is 5.69 Å². The summed E-state index contributed by atoms with van der Waals surface area (Å²) >= 11 is 4.86. The fraction of sp³-hybridized carbons (Fsp3) is 0.217. The van der Waals surface area contributed by atoms with Crippen molar-refractivity contribution in [1.82, 2.24) is 4.90 Å². The maximum absolute atomic E-state index is 13.1. The van der Waals surface area contributed by atoms with Crippen molar-refractivity contribution in [2.45, 2.75) is 0 Å². The van der Waals surface area contributed by atoms with Crippen molar-refractivity contribution >= 4 is 50.5 Å². The second-order valence-corrected chi connectivity index (χ2v) is 8.17. The summed E-state index contributed by atoms with van der Waals surface area (Å²) in [5.74, 6) is 3.35. The minimum absolute atomic E-state index is 0.129. The van der Waals surface area contributed by atoms with Gasteiger partial charge in [-0.15, -0.1) is 6.42 Å². The van der Waals surface area contributed by atoms with Gasteiger partial charge in [0.15, 0.2) is 16.7 Å². The number of hydrogen-bond donors (Lipinski definition) is 0. The monoisotopic (exact) mass is 500 g/mol. The summed E-state index contributed by atoms with van der Waals surface area (Å²) in [5.41, 5.74) is 1.55. The fourth-order valence-corrected chi connectivity index (χ4v) is 4.23. The van der Waals surface area contributed by atoms with Crippen LogP contribution in [-0.2, 0) is 9.53 Å². The van der Waals surface area contributed by atoms with Gasteiger partial charge in [0.2, 0.25) is 0 Å². The molecular weight excluding hydrogens is 480 g/mol. The van der Waals surface area contributed by atoms with Crippen molar-refractivity contribution in [3.8, 4) is 23.8 Å². The molecule has 0 aromatic heterocycles. The Labute approximate surface area is 194 Å². The SMILES string of the molecule is C#CCOc1cc(Br)c(/C=C2/SC(=Nc3ccccc3)N(CCOC)C2=O)cc1OC. The summed E-state index contributed by atoms with van der Waals surface area (Å²) < 4.78 is 16.9. The number of thioether (sulfide) groups is 1. The molecule has 0 atom stereocenters. The van der Waals surface area contributed by atoms with Crippen LogP contribution in [0.1, 0.15) is 5.56 Å². The number of carbonyl (C=O) groups excluding carboxylic acids is 1. The summed E-state index contributed by atoms with van der Waals surface area (Å²) in [7, 11) is 3.15. The van der Waals surface area contributed by atoms with Gasteiger partial charge >= 0.3 is 0 Å². The lowest BCUT2D eigenvalue weighted by Gasteiger charge is -2.14. The minimum Gasteiger partial charge on any atom is -0.493 e. The topological polar surface area (TPSA) is 60.4 Å². The lowest BCUT2D eigenvalue weighted by molar-refractivity contribution is -0.122. The van der Waals surface area contributed by atoms with Gasteiger partial charge in [-0.1, -0.05) is 40.0 Å². The second-order valence-electron chi connectivity index (χ2n) is 6.31. The van der Waals surface area contributed by atoms with Gasteiger partial charge < -0.3 is 14.2 Å². The number of methoxy groups -OCH3 is 2. The van der Waals surface area contributed by atoms with E-state index in [0.717, 1.165) is 15.7 Å². The molecule has 0 bridgehead atoms. The number of ether oxygens (including phenoxy) is 3. The molecule has 8 heteroatoms.